The predicted octanol–water partition coefficient (Wildman–Crippen LogP) is 0.775. The standard InChI is InChI=1S/C14H22FN3O2S/c1-16-8-11-3-4-13(15)14(7-11)21(19,20)17-9-12-5-6-18(2)10-12/h3-4,7,12,16-17H,5-6,8-10H2,1-2H3. The average molecular weight is 315 g/mol. The second-order valence-electron chi connectivity index (χ2n) is 5.56. The highest BCUT2D eigenvalue weighted by molar-refractivity contribution is 7.89. The van der Waals surface area contributed by atoms with Crippen molar-refractivity contribution in [2.75, 3.05) is 33.7 Å². The Morgan fingerprint density at radius 3 is 2.81 bits per heavy atom. The molecule has 1 aliphatic rings. The minimum absolute atomic E-state index is 0.276. The maximum absolute atomic E-state index is 13.8. The van der Waals surface area contributed by atoms with Crippen LogP contribution in [0.5, 0.6) is 0 Å². The number of likely N-dealkylation sites (tertiary alicyclic amines) is 1. The Kier molecular flexibility index (Phi) is 5.32. The van der Waals surface area contributed by atoms with Crippen molar-refractivity contribution in [3.63, 3.8) is 0 Å². The molecule has 1 atom stereocenters. The Balaban J connectivity index is 2.09. The molecule has 0 aromatic heterocycles. The van der Waals surface area contributed by atoms with Gasteiger partial charge in [0.25, 0.3) is 0 Å². The first-order valence-corrected chi connectivity index (χ1v) is 8.52. The first-order chi connectivity index (χ1) is 9.92. The van der Waals surface area contributed by atoms with Crippen LogP contribution in [0.2, 0.25) is 0 Å². The van der Waals surface area contributed by atoms with Crippen LogP contribution in [0.25, 0.3) is 0 Å². The fourth-order valence-corrected chi connectivity index (χ4v) is 3.81. The third kappa shape index (κ3) is 4.23. The van der Waals surface area contributed by atoms with E-state index in [1.807, 2.05) is 7.05 Å². The number of sulfonamides is 1. The van der Waals surface area contributed by atoms with Crippen LogP contribution in [0.1, 0.15) is 12.0 Å². The van der Waals surface area contributed by atoms with E-state index < -0.39 is 15.8 Å². The molecule has 0 aliphatic carbocycles. The third-order valence-corrected chi connectivity index (χ3v) is 5.16. The maximum Gasteiger partial charge on any atom is 0.243 e. The molecule has 1 aromatic carbocycles. The number of halogens is 1. The van der Waals surface area contributed by atoms with Gasteiger partial charge < -0.3 is 10.2 Å². The Bertz CT molecular complexity index is 592. The molecule has 0 amide bonds. The summed E-state index contributed by atoms with van der Waals surface area (Å²) in [5, 5.41) is 2.92. The Morgan fingerprint density at radius 1 is 1.43 bits per heavy atom. The van der Waals surface area contributed by atoms with Crippen LogP contribution >= 0.6 is 0 Å². The monoisotopic (exact) mass is 315 g/mol. The summed E-state index contributed by atoms with van der Waals surface area (Å²) in [5.74, 6) is -0.431. The van der Waals surface area contributed by atoms with Crippen LogP contribution < -0.4 is 10.0 Å². The van der Waals surface area contributed by atoms with Crippen molar-refractivity contribution in [3.05, 3.63) is 29.6 Å². The molecule has 2 N–H and O–H groups in total. The Morgan fingerprint density at radius 2 is 2.19 bits per heavy atom. The Hall–Kier alpha value is -1.02. The molecular weight excluding hydrogens is 293 g/mol. The molecule has 7 heteroatoms. The van der Waals surface area contributed by atoms with Gasteiger partial charge >= 0.3 is 0 Å². The number of hydrogen-bond acceptors (Lipinski definition) is 4. The highest BCUT2D eigenvalue weighted by Crippen LogP contribution is 2.18. The van der Waals surface area contributed by atoms with Gasteiger partial charge in [-0.15, -0.1) is 0 Å². The third-order valence-electron chi connectivity index (χ3n) is 3.72. The smallest absolute Gasteiger partial charge is 0.243 e. The summed E-state index contributed by atoms with van der Waals surface area (Å²) in [6, 6.07) is 4.16. The molecule has 1 aliphatic heterocycles. The van der Waals surface area contributed by atoms with Crippen LogP contribution in [-0.4, -0.2) is 47.0 Å². The highest BCUT2D eigenvalue weighted by atomic mass is 32.2. The predicted molar refractivity (Wildman–Crippen MR) is 80.0 cm³/mol. The summed E-state index contributed by atoms with van der Waals surface area (Å²) in [4.78, 5) is 1.88. The number of nitrogens with one attached hydrogen (secondary N) is 2. The summed E-state index contributed by atoms with van der Waals surface area (Å²) in [5.41, 5.74) is 0.736. The Labute approximate surface area is 125 Å². The van der Waals surface area contributed by atoms with Gasteiger partial charge in [-0.1, -0.05) is 6.07 Å². The molecule has 1 aromatic rings. The molecule has 1 heterocycles. The van der Waals surface area contributed by atoms with Crippen molar-refractivity contribution in [1.29, 1.82) is 0 Å². The van der Waals surface area contributed by atoms with Crippen LogP contribution in [-0.2, 0) is 16.6 Å². The molecule has 2 rings (SSSR count). The lowest BCUT2D eigenvalue weighted by Crippen LogP contribution is -2.31. The topological polar surface area (TPSA) is 61.4 Å². The lowest BCUT2D eigenvalue weighted by atomic mass is 10.1. The second kappa shape index (κ2) is 6.83. The maximum atomic E-state index is 13.8. The summed E-state index contributed by atoms with van der Waals surface area (Å²) >= 11 is 0. The molecule has 1 saturated heterocycles. The summed E-state index contributed by atoms with van der Waals surface area (Å²) in [7, 11) is -0.0424. The molecule has 0 bridgehead atoms. The first-order valence-electron chi connectivity index (χ1n) is 7.03. The SMILES string of the molecule is CNCc1ccc(F)c(S(=O)(=O)NCC2CCN(C)C2)c1. The van der Waals surface area contributed by atoms with Crippen molar-refractivity contribution in [3.8, 4) is 0 Å². The van der Waals surface area contributed by atoms with Gasteiger partial charge in [0.15, 0.2) is 0 Å². The number of rotatable bonds is 6. The fraction of sp³-hybridized carbons (Fsp3) is 0.571. The van der Waals surface area contributed by atoms with E-state index in [-0.39, 0.29) is 10.8 Å². The van der Waals surface area contributed by atoms with Crippen LogP contribution in [0.3, 0.4) is 0 Å². The van der Waals surface area contributed by atoms with Gasteiger partial charge in [-0.05, 0) is 50.7 Å². The summed E-state index contributed by atoms with van der Waals surface area (Å²) in [6.07, 6.45) is 0.960. The van der Waals surface area contributed by atoms with Crippen LogP contribution in [0.4, 0.5) is 4.39 Å². The molecule has 0 radical (unpaired) electrons. The molecule has 1 unspecified atom stereocenters. The van der Waals surface area contributed by atoms with E-state index in [4.69, 9.17) is 0 Å². The summed E-state index contributed by atoms with van der Waals surface area (Å²) in [6.45, 7) is 2.68. The second-order valence-corrected chi connectivity index (χ2v) is 7.30. The van der Waals surface area contributed by atoms with Gasteiger partial charge in [-0.2, -0.15) is 0 Å². The summed E-state index contributed by atoms with van der Waals surface area (Å²) < 4.78 is 40.9. The van der Waals surface area contributed by atoms with Crippen molar-refractivity contribution in [1.82, 2.24) is 14.9 Å². The molecule has 5 nitrogen and oxygen atoms in total. The molecular formula is C14H22FN3O2S. The van der Waals surface area contributed by atoms with E-state index in [0.29, 0.717) is 13.1 Å². The van der Waals surface area contributed by atoms with Crippen LogP contribution in [0.15, 0.2) is 23.1 Å². The number of nitrogens with zero attached hydrogens (tertiary/aromatic N) is 1. The number of hydrogen-bond donors (Lipinski definition) is 2. The highest BCUT2D eigenvalue weighted by Gasteiger charge is 2.24. The zero-order chi connectivity index (χ0) is 15.5. The number of benzene rings is 1. The van der Waals surface area contributed by atoms with Gasteiger partial charge in [-0.25, -0.2) is 17.5 Å². The first kappa shape index (κ1) is 16.4. The van der Waals surface area contributed by atoms with Gasteiger partial charge in [0, 0.05) is 19.6 Å². The molecule has 1 fully saturated rings. The molecule has 21 heavy (non-hydrogen) atoms. The van der Waals surface area contributed by atoms with Gasteiger partial charge in [-0.3, -0.25) is 0 Å². The van der Waals surface area contributed by atoms with Crippen molar-refractivity contribution < 1.29 is 12.8 Å². The normalized spacial score (nSPS) is 20.0. The fourth-order valence-electron chi connectivity index (χ4n) is 2.57. The van der Waals surface area contributed by atoms with E-state index in [2.05, 4.69) is 14.9 Å². The van der Waals surface area contributed by atoms with Crippen LogP contribution in [0, 0.1) is 11.7 Å². The zero-order valence-electron chi connectivity index (χ0n) is 12.4. The minimum Gasteiger partial charge on any atom is -0.316 e. The lowest BCUT2D eigenvalue weighted by Gasteiger charge is -2.13. The van der Waals surface area contributed by atoms with E-state index in [1.54, 1.807) is 13.1 Å². The average Bonchev–Trinajstić information content (AvgIpc) is 2.85. The quantitative estimate of drug-likeness (QED) is 0.814. The van der Waals surface area contributed by atoms with Crippen molar-refractivity contribution in [2.45, 2.75) is 17.9 Å². The van der Waals surface area contributed by atoms with E-state index >= 15 is 0 Å². The van der Waals surface area contributed by atoms with E-state index in [9.17, 15) is 12.8 Å². The molecule has 0 spiro atoms. The molecule has 118 valence electrons. The van der Waals surface area contributed by atoms with Crippen molar-refractivity contribution >= 4 is 10.0 Å². The van der Waals surface area contributed by atoms with Gasteiger partial charge in [0.1, 0.15) is 10.7 Å². The van der Waals surface area contributed by atoms with Gasteiger partial charge in [0.2, 0.25) is 10.0 Å². The minimum atomic E-state index is -3.81. The van der Waals surface area contributed by atoms with E-state index in [0.717, 1.165) is 25.1 Å². The lowest BCUT2D eigenvalue weighted by molar-refractivity contribution is 0.394. The van der Waals surface area contributed by atoms with E-state index in [1.165, 1.54) is 12.1 Å². The zero-order valence-corrected chi connectivity index (χ0v) is 13.2. The van der Waals surface area contributed by atoms with Gasteiger partial charge in [0.05, 0.1) is 0 Å². The molecule has 0 saturated carbocycles. The largest absolute Gasteiger partial charge is 0.316 e. The van der Waals surface area contributed by atoms with Crippen molar-refractivity contribution in [2.24, 2.45) is 5.92 Å².